The van der Waals surface area contributed by atoms with E-state index in [-0.39, 0.29) is 13.0 Å². The highest BCUT2D eigenvalue weighted by molar-refractivity contribution is 6.30. The number of ether oxygens (including phenoxy) is 1. The number of hydrogen-bond donors (Lipinski definition) is 0. The smallest absolute Gasteiger partial charge is 0.324 e. The summed E-state index contributed by atoms with van der Waals surface area (Å²) >= 11 is 5.78. The summed E-state index contributed by atoms with van der Waals surface area (Å²) in [6.45, 7) is 1.84. The number of rotatable bonds is 5. The highest BCUT2D eigenvalue weighted by atomic mass is 35.5. The average molecular weight is 276 g/mol. The van der Waals surface area contributed by atoms with Gasteiger partial charge in [-0.3, -0.25) is 14.9 Å². The Morgan fingerprint density at radius 1 is 1.61 bits per heavy atom. The van der Waals surface area contributed by atoms with Gasteiger partial charge in [0.15, 0.2) is 0 Å². The Hall–Kier alpha value is -1.69. The van der Waals surface area contributed by atoms with Crippen molar-refractivity contribution < 1.29 is 18.8 Å². The number of alkyl halides is 1. The third kappa shape index (κ3) is 3.66. The van der Waals surface area contributed by atoms with Crippen molar-refractivity contribution in [2.45, 2.75) is 18.7 Å². The van der Waals surface area contributed by atoms with E-state index in [1.165, 1.54) is 6.07 Å². The third-order valence-electron chi connectivity index (χ3n) is 2.16. The van der Waals surface area contributed by atoms with Crippen LogP contribution in [0.2, 0.25) is 0 Å². The molecule has 1 atom stereocenters. The zero-order valence-corrected chi connectivity index (χ0v) is 10.3. The van der Waals surface area contributed by atoms with E-state index in [1.807, 2.05) is 0 Å². The number of halogens is 2. The van der Waals surface area contributed by atoms with Crippen LogP contribution in [0.25, 0.3) is 0 Å². The minimum absolute atomic E-state index is 0.0432. The number of hydrogen-bond acceptors (Lipinski definition) is 4. The zero-order chi connectivity index (χ0) is 13.7. The molecule has 5 nitrogen and oxygen atoms in total. The second-order valence-corrected chi connectivity index (χ2v) is 3.99. The van der Waals surface area contributed by atoms with Crippen LogP contribution in [-0.4, -0.2) is 22.9 Å². The maximum Gasteiger partial charge on any atom is 0.324 e. The Morgan fingerprint density at radius 3 is 2.83 bits per heavy atom. The molecule has 0 spiro atoms. The number of nitro groups is 1. The molecular weight excluding hydrogens is 265 g/mol. The molecule has 0 aliphatic carbocycles. The molecule has 0 saturated carbocycles. The molecule has 7 heteroatoms. The number of nitro benzene ring substituents is 1. The molecule has 18 heavy (non-hydrogen) atoms. The van der Waals surface area contributed by atoms with Gasteiger partial charge in [-0.15, -0.1) is 11.6 Å². The van der Waals surface area contributed by atoms with Gasteiger partial charge in [0, 0.05) is 6.07 Å². The molecule has 0 amide bonds. The van der Waals surface area contributed by atoms with Crippen molar-refractivity contribution >= 4 is 23.3 Å². The fourth-order valence-electron chi connectivity index (χ4n) is 1.35. The van der Waals surface area contributed by atoms with Crippen LogP contribution < -0.4 is 0 Å². The fourth-order valence-corrected chi connectivity index (χ4v) is 1.59. The van der Waals surface area contributed by atoms with Crippen molar-refractivity contribution in [3.05, 3.63) is 39.7 Å². The van der Waals surface area contributed by atoms with Crippen molar-refractivity contribution in [3.63, 3.8) is 0 Å². The topological polar surface area (TPSA) is 69.4 Å². The lowest BCUT2D eigenvalue weighted by Gasteiger charge is -2.08. The standard InChI is InChI=1S/C11H11ClFNO4/c1-2-18-11(15)8(12)5-7-3-4-9(13)10(6-7)14(16)17/h3-4,6,8H,2,5H2,1H3. The molecule has 98 valence electrons. The van der Waals surface area contributed by atoms with Crippen LogP contribution in [0.4, 0.5) is 10.1 Å². The van der Waals surface area contributed by atoms with Crippen molar-refractivity contribution in [1.82, 2.24) is 0 Å². The molecule has 0 aliphatic rings. The van der Waals surface area contributed by atoms with Crippen LogP contribution >= 0.6 is 11.6 Å². The lowest BCUT2D eigenvalue weighted by molar-refractivity contribution is -0.387. The van der Waals surface area contributed by atoms with Crippen LogP contribution in [0.1, 0.15) is 12.5 Å². The van der Waals surface area contributed by atoms with E-state index in [2.05, 4.69) is 0 Å². The number of benzene rings is 1. The predicted molar refractivity (Wildman–Crippen MR) is 63.0 cm³/mol. The summed E-state index contributed by atoms with van der Waals surface area (Å²) < 4.78 is 17.8. The zero-order valence-electron chi connectivity index (χ0n) is 9.56. The lowest BCUT2D eigenvalue weighted by atomic mass is 10.1. The minimum atomic E-state index is -0.949. The van der Waals surface area contributed by atoms with Gasteiger partial charge in [-0.1, -0.05) is 6.07 Å². The molecule has 0 heterocycles. The van der Waals surface area contributed by atoms with E-state index in [0.29, 0.717) is 5.56 Å². The molecule has 1 aromatic carbocycles. The Morgan fingerprint density at radius 2 is 2.28 bits per heavy atom. The SMILES string of the molecule is CCOC(=O)C(Cl)Cc1ccc(F)c([N+](=O)[O-])c1. The molecule has 0 saturated heterocycles. The Balaban J connectivity index is 2.82. The van der Waals surface area contributed by atoms with Gasteiger partial charge in [0.1, 0.15) is 5.38 Å². The van der Waals surface area contributed by atoms with Crippen molar-refractivity contribution in [2.24, 2.45) is 0 Å². The molecule has 1 rings (SSSR count). The molecule has 1 unspecified atom stereocenters. The Kier molecular flexibility index (Phi) is 5.03. The van der Waals surface area contributed by atoms with Gasteiger partial charge in [-0.05, 0) is 25.0 Å². The van der Waals surface area contributed by atoms with Gasteiger partial charge >= 0.3 is 11.7 Å². The number of carbonyl (C=O) groups excluding carboxylic acids is 1. The lowest BCUT2D eigenvalue weighted by Crippen LogP contribution is -2.20. The van der Waals surface area contributed by atoms with Crippen molar-refractivity contribution in [2.75, 3.05) is 6.61 Å². The average Bonchev–Trinajstić information content (AvgIpc) is 2.31. The normalized spacial score (nSPS) is 11.9. The van der Waals surface area contributed by atoms with Crippen molar-refractivity contribution in [3.8, 4) is 0 Å². The van der Waals surface area contributed by atoms with E-state index < -0.39 is 27.8 Å². The van der Waals surface area contributed by atoms with Gasteiger partial charge in [0.2, 0.25) is 5.82 Å². The first-order chi connectivity index (χ1) is 8.45. The minimum Gasteiger partial charge on any atom is -0.465 e. The second kappa shape index (κ2) is 6.30. The largest absolute Gasteiger partial charge is 0.465 e. The summed E-state index contributed by atoms with van der Waals surface area (Å²) in [6, 6.07) is 3.38. The van der Waals surface area contributed by atoms with E-state index >= 15 is 0 Å². The molecule has 0 fully saturated rings. The predicted octanol–water partition coefficient (Wildman–Crippen LogP) is 2.45. The Labute approximate surface area is 108 Å². The van der Waals surface area contributed by atoms with E-state index in [1.54, 1.807) is 6.92 Å². The van der Waals surface area contributed by atoms with Gasteiger partial charge in [-0.2, -0.15) is 4.39 Å². The molecule has 0 aliphatic heterocycles. The number of esters is 1. The molecule has 0 N–H and O–H groups in total. The number of nitrogens with zero attached hydrogens (tertiary/aromatic N) is 1. The fraction of sp³-hybridized carbons (Fsp3) is 0.364. The second-order valence-electron chi connectivity index (χ2n) is 3.47. The summed E-state index contributed by atoms with van der Waals surface area (Å²) in [5, 5.41) is 9.59. The first-order valence-electron chi connectivity index (χ1n) is 5.19. The van der Waals surface area contributed by atoms with E-state index in [0.717, 1.165) is 12.1 Å². The first kappa shape index (κ1) is 14.4. The van der Waals surface area contributed by atoms with Gasteiger partial charge < -0.3 is 4.74 Å². The summed E-state index contributed by atoms with van der Waals surface area (Å²) in [4.78, 5) is 21.0. The van der Waals surface area contributed by atoms with Crippen LogP contribution in [0, 0.1) is 15.9 Å². The summed E-state index contributed by atoms with van der Waals surface area (Å²) in [6.07, 6.45) is 0.0432. The first-order valence-corrected chi connectivity index (χ1v) is 5.62. The molecule has 1 aromatic rings. The van der Waals surface area contributed by atoms with Crippen LogP contribution in [-0.2, 0) is 16.0 Å². The summed E-state index contributed by atoms with van der Waals surface area (Å²) in [7, 11) is 0. The third-order valence-corrected chi connectivity index (χ3v) is 2.50. The van der Waals surface area contributed by atoms with Gasteiger partial charge in [-0.25, -0.2) is 0 Å². The van der Waals surface area contributed by atoms with E-state index in [4.69, 9.17) is 16.3 Å². The van der Waals surface area contributed by atoms with Gasteiger partial charge in [0.05, 0.1) is 11.5 Å². The van der Waals surface area contributed by atoms with Crippen LogP contribution in [0.15, 0.2) is 18.2 Å². The highest BCUT2D eigenvalue weighted by Crippen LogP contribution is 2.20. The summed E-state index contributed by atoms with van der Waals surface area (Å²) in [5.74, 6) is -1.53. The summed E-state index contributed by atoms with van der Waals surface area (Å²) in [5.41, 5.74) is -0.239. The quantitative estimate of drug-likeness (QED) is 0.358. The highest BCUT2D eigenvalue weighted by Gasteiger charge is 2.20. The van der Waals surface area contributed by atoms with Gasteiger partial charge in [0.25, 0.3) is 0 Å². The molecular formula is C11H11ClFNO4. The molecule has 0 aromatic heterocycles. The van der Waals surface area contributed by atoms with Crippen LogP contribution in [0.3, 0.4) is 0 Å². The molecule has 0 radical (unpaired) electrons. The Bertz CT molecular complexity index is 466. The maximum absolute atomic E-state index is 13.1. The van der Waals surface area contributed by atoms with E-state index in [9.17, 15) is 19.3 Å². The van der Waals surface area contributed by atoms with Crippen molar-refractivity contribution in [1.29, 1.82) is 0 Å². The van der Waals surface area contributed by atoms with Crippen LogP contribution in [0.5, 0.6) is 0 Å². The maximum atomic E-state index is 13.1. The molecule has 0 bridgehead atoms. The monoisotopic (exact) mass is 275 g/mol. The number of carbonyl (C=O) groups is 1.